The molecular formula is C12H15ClN2O2. The Bertz CT molecular complexity index is 458. The van der Waals surface area contributed by atoms with Gasteiger partial charge in [0.2, 0.25) is 0 Å². The minimum Gasteiger partial charge on any atom is -0.382 e. The van der Waals surface area contributed by atoms with E-state index in [9.17, 15) is 10.1 Å². The van der Waals surface area contributed by atoms with Gasteiger partial charge in [-0.25, -0.2) is 0 Å². The minimum absolute atomic E-state index is 0.0532. The van der Waals surface area contributed by atoms with E-state index in [4.69, 9.17) is 11.6 Å². The van der Waals surface area contributed by atoms with Gasteiger partial charge in [0, 0.05) is 17.8 Å². The molecule has 2 rings (SSSR count). The van der Waals surface area contributed by atoms with E-state index in [0.29, 0.717) is 11.5 Å². The molecule has 0 amide bonds. The van der Waals surface area contributed by atoms with Crippen LogP contribution in [0.2, 0.25) is 5.02 Å². The lowest BCUT2D eigenvalue weighted by molar-refractivity contribution is -0.384. The van der Waals surface area contributed by atoms with Crippen LogP contribution in [0.5, 0.6) is 0 Å². The van der Waals surface area contributed by atoms with E-state index < -0.39 is 4.92 Å². The van der Waals surface area contributed by atoms with Crippen molar-refractivity contribution in [3.05, 3.63) is 33.3 Å². The van der Waals surface area contributed by atoms with Crippen LogP contribution < -0.4 is 5.32 Å². The first kappa shape index (κ1) is 12.2. The molecular weight excluding hydrogens is 240 g/mol. The van der Waals surface area contributed by atoms with Gasteiger partial charge in [0.1, 0.15) is 5.02 Å². The highest BCUT2D eigenvalue weighted by Crippen LogP contribution is 2.48. The largest absolute Gasteiger partial charge is 0.382 e. The lowest BCUT2D eigenvalue weighted by Crippen LogP contribution is -2.24. The van der Waals surface area contributed by atoms with E-state index in [-0.39, 0.29) is 10.7 Å². The average Bonchev–Trinajstić information content (AvgIpc) is 2.97. The standard InChI is InChI=1S/C12H15ClN2O2/c1-8(12(2)5-6-12)14-9-3-4-11(15(16)17)10(13)7-9/h3-4,7-8,14H,5-6H2,1-2H3. The van der Waals surface area contributed by atoms with Gasteiger partial charge in [0.05, 0.1) is 4.92 Å². The monoisotopic (exact) mass is 254 g/mol. The zero-order valence-corrected chi connectivity index (χ0v) is 10.6. The van der Waals surface area contributed by atoms with Crippen LogP contribution in [0.15, 0.2) is 18.2 Å². The number of hydrogen-bond donors (Lipinski definition) is 1. The molecule has 1 atom stereocenters. The Labute approximate surface area is 105 Å². The third-order valence-corrected chi connectivity index (χ3v) is 3.91. The van der Waals surface area contributed by atoms with Crippen molar-refractivity contribution in [1.29, 1.82) is 0 Å². The highest BCUT2D eigenvalue weighted by molar-refractivity contribution is 6.32. The van der Waals surface area contributed by atoms with Crippen LogP contribution >= 0.6 is 11.6 Å². The van der Waals surface area contributed by atoms with Crippen molar-refractivity contribution in [2.24, 2.45) is 5.41 Å². The zero-order valence-electron chi connectivity index (χ0n) is 9.87. The Morgan fingerprint density at radius 2 is 2.18 bits per heavy atom. The quantitative estimate of drug-likeness (QED) is 0.656. The minimum atomic E-state index is -0.474. The van der Waals surface area contributed by atoms with Gasteiger partial charge in [-0.2, -0.15) is 0 Å². The van der Waals surface area contributed by atoms with Crippen molar-refractivity contribution in [3.63, 3.8) is 0 Å². The van der Waals surface area contributed by atoms with Gasteiger partial charge in [-0.1, -0.05) is 18.5 Å². The molecule has 1 fully saturated rings. The summed E-state index contributed by atoms with van der Waals surface area (Å²) in [6, 6.07) is 5.10. The lowest BCUT2D eigenvalue weighted by Gasteiger charge is -2.21. The second kappa shape index (κ2) is 4.18. The van der Waals surface area contributed by atoms with E-state index in [1.165, 1.54) is 18.9 Å². The summed E-state index contributed by atoms with van der Waals surface area (Å²) in [5.41, 5.74) is 1.14. The van der Waals surface area contributed by atoms with Crippen LogP contribution in [-0.2, 0) is 0 Å². The Morgan fingerprint density at radius 1 is 1.53 bits per heavy atom. The predicted molar refractivity (Wildman–Crippen MR) is 68.5 cm³/mol. The number of nitro groups is 1. The van der Waals surface area contributed by atoms with Gasteiger partial charge in [-0.3, -0.25) is 10.1 Å². The Kier molecular flexibility index (Phi) is 3.00. The molecule has 1 aliphatic carbocycles. The summed E-state index contributed by atoms with van der Waals surface area (Å²) in [7, 11) is 0. The molecule has 0 aliphatic heterocycles. The smallest absolute Gasteiger partial charge is 0.288 e. The molecule has 0 radical (unpaired) electrons. The van der Waals surface area contributed by atoms with Crippen LogP contribution in [0.4, 0.5) is 11.4 Å². The maximum absolute atomic E-state index is 10.6. The molecule has 5 heteroatoms. The average molecular weight is 255 g/mol. The summed E-state index contributed by atoms with van der Waals surface area (Å²) in [4.78, 5) is 10.2. The topological polar surface area (TPSA) is 55.2 Å². The van der Waals surface area contributed by atoms with Crippen molar-refractivity contribution in [2.75, 3.05) is 5.32 Å². The summed E-state index contributed by atoms with van der Waals surface area (Å²) >= 11 is 5.86. The molecule has 0 bridgehead atoms. The number of benzene rings is 1. The third kappa shape index (κ3) is 2.52. The van der Waals surface area contributed by atoms with Crippen molar-refractivity contribution < 1.29 is 4.92 Å². The number of halogens is 1. The van der Waals surface area contributed by atoms with Crippen molar-refractivity contribution in [3.8, 4) is 0 Å². The SMILES string of the molecule is CC(Nc1ccc([N+](=O)[O-])c(Cl)c1)C1(C)CC1. The molecule has 0 saturated heterocycles. The van der Waals surface area contributed by atoms with E-state index in [1.807, 2.05) is 0 Å². The van der Waals surface area contributed by atoms with Crippen LogP contribution in [0.1, 0.15) is 26.7 Å². The maximum atomic E-state index is 10.6. The first-order valence-electron chi connectivity index (χ1n) is 5.63. The summed E-state index contributed by atoms with van der Waals surface area (Å²) < 4.78 is 0. The molecule has 1 aliphatic rings. The van der Waals surface area contributed by atoms with Crippen LogP contribution in [0.25, 0.3) is 0 Å². The molecule has 1 saturated carbocycles. The molecule has 1 aromatic rings. The molecule has 0 aromatic heterocycles. The van der Waals surface area contributed by atoms with Gasteiger partial charge in [0.25, 0.3) is 5.69 Å². The first-order chi connectivity index (χ1) is 7.92. The maximum Gasteiger partial charge on any atom is 0.288 e. The molecule has 1 N–H and O–H groups in total. The highest BCUT2D eigenvalue weighted by atomic mass is 35.5. The van der Waals surface area contributed by atoms with Crippen LogP contribution in [0.3, 0.4) is 0 Å². The normalized spacial score (nSPS) is 18.5. The van der Waals surface area contributed by atoms with E-state index >= 15 is 0 Å². The number of hydrogen-bond acceptors (Lipinski definition) is 3. The Hall–Kier alpha value is -1.29. The van der Waals surface area contributed by atoms with Crippen LogP contribution in [-0.4, -0.2) is 11.0 Å². The van der Waals surface area contributed by atoms with E-state index in [1.54, 1.807) is 12.1 Å². The van der Waals surface area contributed by atoms with Gasteiger partial charge in [0.15, 0.2) is 0 Å². The Balaban J connectivity index is 2.12. The highest BCUT2D eigenvalue weighted by Gasteiger charge is 2.42. The third-order valence-electron chi connectivity index (χ3n) is 3.61. The number of rotatable bonds is 4. The van der Waals surface area contributed by atoms with Gasteiger partial charge in [-0.05, 0) is 37.3 Å². The summed E-state index contributed by atoms with van der Waals surface area (Å²) in [6.07, 6.45) is 2.45. The second-order valence-electron chi connectivity index (χ2n) is 4.94. The Morgan fingerprint density at radius 3 is 2.65 bits per heavy atom. The van der Waals surface area contributed by atoms with Gasteiger partial charge >= 0.3 is 0 Å². The molecule has 1 unspecified atom stereocenters. The molecule has 0 spiro atoms. The van der Waals surface area contributed by atoms with E-state index in [2.05, 4.69) is 19.2 Å². The number of nitrogens with one attached hydrogen (secondary N) is 1. The van der Waals surface area contributed by atoms with Gasteiger partial charge < -0.3 is 5.32 Å². The molecule has 4 nitrogen and oxygen atoms in total. The first-order valence-corrected chi connectivity index (χ1v) is 6.01. The summed E-state index contributed by atoms with van der Waals surface area (Å²) in [5, 5.41) is 14.1. The van der Waals surface area contributed by atoms with E-state index in [0.717, 1.165) is 5.69 Å². The fraction of sp³-hybridized carbons (Fsp3) is 0.500. The van der Waals surface area contributed by atoms with Crippen molar-refractivity contribution in [2.45, 2.75) is 32.7 Å². The van der Waals surface area contributed by atoms with Crippen LogP contribution in [0, 0.1) is 15.5 Å². The summed E-state index contributed by atoms with van der Waals surface area (Å²) in [6.45, 7) is 4.36. The molecule has 0 heterocycles. The number of nitrogens with zero attached hydrogens (tertiary/aromatic N) is 1. The number of anilines is 1. The second-order valence-corrected chi connectivity index (χ2v) is 5.35. The summed E-state index contributed by atoms with van der Waals surface area (Å²) in [5.74, 6) is 0. The zero-order chi connectivity index (χ0) is 12.6. The molecule has 17 heavy (non-hydrogen) atoms. The lowest BCUT2D eigenvalue weighted by atomic mass is 10.0. The number of nitro benzene ring substituents is 1. The molecule has 1 aromatic carbocycles. The van der Waals surface area contributed by atoms with Gasteiger partial charge in [-0.15, -0.1) is 0 Å². The molecule has 92 valence electrons. The predicted octanol–water partition coefficient (Wildman–Crippen LogP) is 3.85. The fourth-order valence-electron chi connectivity index (χ4n) is 1.80. The van der Waals surface area contributed by atoms with Crippen molar-refractivity contribution >= 4 is 23.0 Å². The van der Waals surface area contributed by atoms with Crippen molar-refractivity contribution in [1.82, 2.24) is 0 Å². The fourth-order valence-corrected chi connectivity index (χ4v) is 2.05.